The molecule has 0 radical (unpaired) electrons. The first-order chi connectivity index (χ1) is 32.0. The van der Waals surface area contributed by atoms with Crippen molar-refractivity contribution in [3.05, 3.63) is 53.9 Å². The lowest BCUT2D eigenvalue weighted by Crippen LogP contribution is -2.67. The SMILES string of the molecule is CC(=O)N[C@H]1[C@H](O[C@H]2CC[C@]3(C)[C@H]4CC=C5[C@@H]6CC(C)(C)CC[C@]6(C(=O)OCc6cn(-c7ccccc7)nn6)CC[C@@]5(C)[C@]4(C)CC[C@H]3C2(C)C)O[C@H](CO[C@@H]2OC[C@H](O)[C@H](O)[C@@H]2O)[C@@H](O)[C@@H]1O. The fraction of sp³-hybridized carbons (Fsp3) is 0.769. The van der Waals surface area contributed by atoms with E-state index in [1.165, 1.54) is 12.5 Å². The number of fused-ring (bicyclic) bond motifs is 7. The van der Waals surface area contributed by atoms with Gasteiger partial charge in [0.05, 0.1) is 36.6 Å². The van der Waals surface area contributed by atoms with Gasteiger partial charge in [0, 0.05) is 6.92 Å². The summed E-state index contributed by atoms with van der Waals surface area (Å²) in [7, 11) is 0. The highest BCUT2D eigenvalue weighted by molar-refractivity contribution is 5.79. The molecule has 376 valence electrons. The highest BCUT2D eigenvalue weighted by Gasteiger charge is 2.70. The summed E-state index contributed by atoms with van der Waals surface area (Å²) in [5.74, 6) is 0.189. The van der Waals surface area contributed by atoms with Gasteiger partial charge in [-0.05, 0) is 121 Å². The molecule has 1 aromatic carbocycles. The third-order valence-corrected chi connectivity index (χ3v) is 19.1. The van der Waals surface area contributed by atoms with E-state index in [1.54, 1.807) is 4.68 Å². The van der Waals surface area contributed by atoms with E-state index in [0.717, 1.165) is 63.5 Å². The van der Waals surface area contributed by atoms with Crippen LogP contribution in [0.15, 0.2) is 48.2 Å². The number of para-hydroxylation sites is 1. The third-order valence-electron chi connectivity index (χ3n) is 19.1. The molecule has 6 fully saturated rings. The zero-order valence-corrected chi connectivity index (χ0v) is 41.2. The molecule has 17 atom stereocenters. The second-order valence-electron chi connectivity index (χ2n) is 23.8. The molecule has 0 unspecified atom stereocenters. The van der Waals surface area contributed by atoms with E-state index in [2.05, 4.69) is 70.2 Å². The number of aromatic nitrogens is 3. The monoisotopic (exact) mass is 949 g/mol. The fourth-order valence-corrected chi connectivity index (χ4v) is 15.0. The maximum Gasteiger partial charge on any atom is 0.313 e. The molecule has 1 aromatic heterocycles. The van der Waals surface area contributed by atoms with Gasteiger partial charge in [0.2, 0.25) is 5.91 Å². The minimum absolute atomic E-state index is 0.0279. The van der Waals surface area contributed by atoms with E-state index >= 15 is 0 Å². The van der Waals surface area contributed by atoms with E-state index in [-0.39, 0.29) is 70.8 Å². The summed E-state index contributed by atoms with van der Waals surface area (Å²) in [5.41, 5.74) is 1.90. The standard InChI is InChI=1S/C52H76N4O12/c1-29(57)53-39-42(61)41(60)35(28-65-45-43(62)40(59)34(58)27-64-45)67-44(39)68-38-17-18-49(6)36(48(38,4)5)16-19-51(8)37(49)15-14-32-33-24-47(2,3)20-22-52(33,23-21-50(32,51)7)46(63)66-26-30-25-56(55-54-30)31-12-10-9-11-13-31/h9-14,25,33-45,58-62H,15-24,26-28H2,1-8H3,(H,53,57)/t33-,34-,35+,36-,37+,38-,39+,40-,41+,42+,43-,44-,45-,49-,50+,51+,52-/m0/s1. The van der Waals surface area contributed by atoms with Gasteiger partial charge in [-0.15, -0.1) is 5.10 Å². The zero-order valence-electron chi connectivity index (χ0n) is 41.2. The minimum Gasteiger partial charge on any atom is -0.459 e. The Labute approximate surface area is 400 Å². The summed E-state index contributed by atoms with van der Waals surface area (Å²) < 4.78 is 32.4. The number of aliphatic hydroxyl groups excluding tert-OH is 5. The molecular weight excluding hydrogens is 873 g/mol. The number of aliphatic hydroxyl groups is 5. The van der Waals surface area contributed by atoms with Gasteiger partial charge >= 0.3 is 5.97 Å². The van der Waals surface area contributed by atoms with Gasteiger partial charge in [-0.1, -0.05) is 83.5 Å². The van der Waals surface area contributed by atoms with Gasteiger partial charge in [-0.3, -0.25) is 9.59 Å². The quantitative estimate of drug-likeness (QED) is 0.106. The number of rotatable bonds is 10. The molecule has 16 nitrogen and oxygen atoms in total. The van der Waals surface area contributed by atoms with Gasteiger partial charge in [0.15, 0.2) is 12.6 Å². The Balaban J connectivity index is 0.928. The maximum absolute atomic E-state index is 14.7. The van der Waals surface area contributed by atoms with Crippen molar-refractivity contribution in [2.75, 3.05) is 13.2 Å². The van der Waals surface area contributed by atoms with Crippen LogP contribution in [0.25, 0.3) is 5.69 Å². The third kappa shape index (κ3) is 8.28. The Morgan fingerprint density at radius 1 is 0.853 bits per heavy atom. The Hall–Kier alpha value is -3.32. The van der Waals surface area contributed by atoms with Crippen LogP contribution in [0.2, 0.25) is 0 Å². The normalized spacial score (nSPS) is 44.0. The molecule has 6 N–H and O–H groups in total. The lowest BCUT2D eigenvalue weighted by Gasteiger charge is -2.71. The van der Waals surface area contributed by atoms with Gasteiger partial charge in [-0.2, -0.15) is 0 Å². The Bertz CT molecular complexity index is 2200. The average Bonchev–Trinajstić information content (AvgIpc) is 3.77. The number of benzene rings is 1. The molecule has 2 aliphatic heterocycles. The van der Waals surface area contributed by atoms with Crippen molar-refractivity contribution in [2.45, 2.75) is 188 Å². The Morgan fingerprint density at radius 2 is 1.59 bits per heavy atom. The molecule has 16 heteroatoms. The second-order valence-corrected chi connectivity index (χ2v) is 23.8. The summed E-state index contributed by atoms with van der Waals surface area (Å²) in [4.78, 5) is 27.2. The number of carbonyl (C=O) groups excluding carboxylic acids is 2. The molecule has 0 bridgehead atoms. The number of esters is 1. The molecule has 4 saturated carbocycles. The van der Waals surface area contributed by atoms with Gasteiger partial charge in [-0.25, -0.2) is 4.68 Å². The molecule has 68 heavy (non-hydrogen) atoms. The highest BCUT2D eigenvalue weighted by atomic mass is 16.7. The average molecular weight is 949 g/mol. The summed E-state index contributed by atoms with van der Waals surface area (Å²) in [6, 6.07) is 8.71. The first-order valence-corrected chi connectivity index (χ1v) is 25.1. The lowest BCUT2D eigenvalue weighted by atomic mass is 9.33. The second kappa shape index (κ2) is 18.1. The van der Waals surface area contributed by atoms with E-state index in [1.807, 2.05) is 36.5 Å². The summed E-state index contributed by atoms with van der Waals surface area (Å²) >= 11 is 0. The number of hydrogen-bond donors (Lipinski definition) is 6. The van der Waals surface area contributed by atoms with Crippen LogP contribution >= 0.6 is 0 Å². The van der Waals surface area contributed by atoms with Crippen LogP contribution in [0.3, 0.4) is 0 Å². The molecule has 2 aromatic rings. The molecule has 1 amide bonds. The first-order valence-electron chi connectivity index (χ1n) is 25.1. The molecule has 7 aliphatic rings. The zero-order chi connectivity index (χ0) is 48.8. The van der Waals surface area contributed by atoms with Crippen LogP contribution in [-0.4, -0.2) is 127 Å². The van der Waals surface area contributed by atoms with Crippen molar-refractivity contribution in [1.29, 1.82) is 0 Å². The molecule has 3 heterocycles. The maximum atomic E-state index is 14.7. The number of nitrogens with zero attached hydrogens (tertiary/aromatic N) is 3. The van der Waals surface area contributed by atoms with Crippen LogP contribution < -0.4 is 5.32 Å². The number of allylic oxidation sites excluding steroid dienone is 2. The highest BCUT2D eigenvalue weighted by Crippen LogP contribution is 2.76. The number of nitrogens with one attached hydrogen (secondary N) is 1. The van der Waals surface area contributed by atoms with Crippen molar-refractivity contribution in [3.63, 3.8) is 0 Å². The van der Waals surface area contributed by atoms with Crippen LogP contribution in [-0.2, 0) is 39.9 Å². The predicted molar refractivity (Wildman–Crippen MR) is 247 cm³/mol. The fourth-order valence-electron chi connectivity index (χ4n) is 15.0. The van der Waals surface area contributed by atoms with Crippen molar-refractivity contribution in [2.24, 2.45) is 50.2 Å². The van der Waals surface area contributed by atoms with Crippen LogP contribution in [0.4, 0.5) is 0 Å². The smallest absolute Gasteiger partial charge is 0.313 e. The van der Waals surface area contributed by atoms with Gasteiger partial charge < -0.3 is 54.5 Å². The van der Waals surface area contributed by atoms with Crippen LogP contribution in [0.1, 0.15) is 125 Å². The summed E-state index contributed by atoms with van der Waals surface area (Å²) in [5, 5.41) is 64.6. The van der Waals surface area contributed by atoms with Gasteiger partial charge in [0.1, 0.15) is 55.0 Å². The number of ether oxygens (including phenoxy) is 5. The van der Waals surface area contributed by atoms with Crippen molar-refractivity contribution in [3.8, 4) is 5.69 Å². The first kappa shape index (κ1) is 49.7. The number of hydrogen-bond acceptors (Lipinski definition) is 14. The predicted octanol–water partition coefficient (Wildman–Crippen LogP) is 4.90. The van der Waals surface area contributed by atoms with Crippen LogP contribution in [0, 0.1) is 50.2 Å². The molecule has 0 spiro atoms. The Morgan fingerprint density at radius 3 is 2.32 bits per heavy atom. The van der Waals surface area contributed by atoms with E-state index < -0.39 is 66.6 Å². The topological polar surface area (TPSA) is 224 Å². The summed E-state index contributed by atoms with van der Waals surface area (Å²) in [6.45, 7) is 17.6. The lowest BCUT2D eigenvalue weighted by molar-refractivity contribution is -0.322. The molecular formula is C52H76N4O12. The minimum atomic E-state index is -1.55. The van der Waals surface area contributed by atoms with Crippen molar-refractivity contribution in [1.82, 2.24) is 20.3 Å². The molecule has 9 rings (SSSR count). The molecule has 5 aliphatic carbocycles. The van der Waals surface area contributed by atoms with E-state index in [0.29, 0.717) is 18.0 Å². The van der Waals surface area contributed by atoms with Crippen LogP contribution in [0.5, 0.6) is 0 Å². The Kier molecular flexibility index (Phi) is 13.2. The van der Waals surface area contributed by atoms with Crippen molar-refractivity contribution < 1.29 is 58.8 Å². The largest absolute Gasteiger partial charge is 0.459 e. The summed E-state index contributed by atoms with van der Waals surface area (Å²) in [6.07, 6.45) is 2.13. The molecule has 2 saturated heterocycles. The van der Waals surface area contributed by atoms with E-state index in [9.17, 15) is 35.1 Å². The van der Waals surface area contributed by atoms with Gasteiger partial charge in [0.25, 0.3) is 0 Å². The number of carbonyl (C=O) groups is 2. The number of amides is 1. The van der Waals surface area contributed by atoms with E-state index in [4.69, 9.17) is 23.7 Å². The van der Waals surface area contributed by atoms with Crippen molar-refractivity contribution >= 4 is 11.9 Å².